The van der Waals surface area contributed by atoms with Gasteiger partial charge >= 0.3 is 18.2 Å². The Morgan fingerprint density at radius 3 is 2.12 bits per heavy atom. The Balaban J connectivity index is 3.20. The maximum absolute atomic E-state index is 12.0. The lowest BCUT2D eigenvalue weighted by atomic mass is 9.87. The minimum Gasteiger partial charge on any atom is -0.466 e. The standard InChI is InChI=1S/C17H28N2O7/c1-6-11(7-2)26-13-9-10(15(20)23-3)8-12(18-16(21)24-4)14(13)19-17(22)25-5/h9,11-14H,6-8H2,1-5H3,(H,18,21)(H,19,22)/t12-,13+,14+/m0/s1. The second-order valence-corrected chi connectivity index (χ2v) is 5.83. The summed E-state index contributed by atoms with van der Waals surface area (Å²) in [6.07, 6.45) is 1.22. The van der Waals surface area contributed by atoms with Crippen molar-refractivity contribution in [1.82, 2.24) is 10.6 Å². The van der Waals surface area contributed by atoms with E-state index >= 15 is 0 Å². The number of amides is 2. The van der Waals surface area contributed by atoms with Crippen molar-refractivity contribution < 1.29 is 33.3 Å². The van der Waals surface area contributed by atoms with Crippen molar-refractivity contribution in [2.75, 3.05) is 21.3 Å². The molecule has 0 aromatic carbocycles. The molecule has 2 N–H and O–H groups in total. The van der Waals surface area contributed by atoms with Crippen molar-refractivity contribution in [3.05, 3.63) is 11.6 Å². The first-order valence-electron chi connectivity index (χ1n) is 8.53. The third-order valence-corrected chi connectivity index (χ3v) is 4.26. The Hall–Kier alpha value is -2.29. The molecule has 0 bridgehead atoms. The summed E-state index contributed by atoms with van der Waals surface area (Å²) >= 11 is 0. The molecule has 9 nitrogen and oxygen atoms in total. The van der Waals surface area contributed by atoms with Crippen LogP contribution in [0.5, 0.6) is 0 Å². The van der Waals surface area contributed by atoms with Crippen LogP contribution < -0.4 is 10.6 Å². The first kappa shape index (κ1) is 21.8. The van der Waals surface area contributed by atoms with E-state index in [0.29, 0.717) is 5.57 Å². The van der Waals surface area contributed by atoms with E-state index in [1.807, 2.05) is 13.8 Å². The third kappa shape index (κ3) is 5.91. The van der Waals surface area contributed by atoms with E-state index < -0.39 is 36.3 Å². The van der Waals surface area contributed by atoms with Gasteiger partial charge in [-0.1, -0.05) is 13.8 Å². The summed E-state index contributed by atoms with van der Waals surface area (Å²) in [4.78, 5) is 35.5. The molecule has 0 aromatic rings. The predicted molar refractivity (Wildman–Crippen MR) is 92.6 cm³/mol. The van der Waals surface area contributed by atoms with E-state index in [-0.39, 0.29) is 12.5 Å². The van der Waals surface area contributed by atoms with Crippen molar-refractivity contribution in [3.63, 3.8) is 0 Å². The summed E-state index contributed by atoms with van der Waals surface area (Å²) in [5.74, 6) is -0.517. The van der Waals surface area contributed by atoms with Gasteiger partial charge in [-0.05, 0) is 18.9 Å². The van der Waals surface area contributed by atoms with Gasteiger partial charge in [-0.25, -0.2) is 14.4 Å². The second-order valence-electron chi connectivity index (χ2n) is 5.83. The Labute approximate surface area is 153 Å². The van der Waals surface area contributed by atoms with Crippen LogP contribution in [-0.2, 0) is 23.7 Å². The van der Waals surface area contributed by atoms with Crippen LogP contribution in [-0.4, -0.2) is 63.8 Å². The molecule has 148 valence electrons. The zero-order valence-corrected chi connectivity index (χ0v) is 15.9. The van der Waals surface area contributed by atoms with Crippen LogP contribution in [0.2, 0.25) is 0 Å². The fourth-order valence-electron chi connectivity index (χ4n) is 2.80. The highest BCUT2D eigenvalue weighted by Gasteiger charge is 2.39. The molecule has 1 aliphatic rings. The number of carbonyl (C=O) groups excluding carboxylic acids is 3. The van der Waals surface area contributed by atoms with E-state index in [1.165, 1.54) is 21.3 Å². The molecule has 9 heteroatoms. The maximum Gasteiger partial charge on any atom is 0.407 e. The van der Waals surface area contributed by atoms with E-state index in [9.17, 15) is 14.4 Å². The van der Waals surface area contributed by atoms with E-state index in [0.717, 1.165) is 12.8 Å². The third-order valence-electron chi connectivity index (χ3n) is 4.26. The smallest absolute Gasteiger partial charge is 0.407 e. The molecule has 1 aliphatic carbocycles. The summed E-state index contributed by atoms with van der Waals surface area (Å²) < 4.78 is 20.2. The first-order chi connectivity index (χ1) is 12.4. The Bertz CT molecular complexity index is 531. The van der Waals surface area contributed by atoms with Crippen molar-refractivity contribution in [3.8, 4) is 0 Å². The number of nitrogens with one attached hydrogen (secondary N) is 2. The van der Waals surface area contributed by atoms with Crippen LogP contribution >= 0.6 is 0 Å². The fraction of sp³-hybridized carbons (Fsp3) is 0.706. The number of esters is 1. The van der Waals surface area contributed by atoms with Crippen molar-refractivity contribution in [2.24, 2.45) is 0 Å². The SMILES string of the molecule is CCC(CC)O[C@@H]1C=C(C(=O)OC)C[C@H](NC(=O)OC)[C@H]1NC(=O)OC. The molecule has 26 heavy (non-hydrogen) atoms. The lowest BCUT2D eigenvalue weighted by molar-refractivity contribution is -0.136. The summed E-state index contributed by atoms with van der Waals surface area (Å²) in [5.41, 5.74) is 0.354. The number of carbonyl (C=O) groups is 3. The monoisotopic (exact) mass is 372 g/mol. The number of hydrogen-bond donors (Lipinski definition) is 2. The summed E-state index contributed by atoms with van der Waals surface area (Å²) in [6.45, 7) is 3.96. The highest BCUT2D eigenvalue weighted by Crippen LogP contribution is 2.25. The van der Waals surface area contributed by atoms with Crippen molar-refractivity contribution in [2.45, 2.75) is 57.4 Å². The average Bonchev–Trinajstić information content (AvgIpc) is 2.66. The van der Waals surface area contributed by atoms with Crippen LogP contribution in [0.25, 0.3) is 0 Å². The van der Waals surface area contributed by atoms with Gasteiger partial charge in [0.1, 0.15) is 0 Å². The molecule has 3 atom stereocenters. The van der Waals surface area contributed by atoms with Gasteiger partial charge in [0.2, 0.25) is 0 Å². The quantitative estimate of drug-likeness (QED) is 0.514. The van der Waals surface area contributed by atoms with Crippen molar-refractivity contribution in [1.29, 1.82) is 0 Å². The Kier molecular flexibility index (Phi) is 8.91. The number of alkyl carbamates (subject to hydrolysis) is 2. The number of rotatable bonds is 7. The molecule has 2 amide bonds. The fourth-order valence-corrected chi connectivity index (χ4v) is 2.80. The van der Waals surface area contributed by atoms with E-state index in [4.69, 9.17) is 9.47 Å². The highest BCUT2D eigenvalue weighted by atomic mass is 16.5. The van der Waals surface area contributed by atoms with Gasteiger partial charge in [-0.15, -0.1) is 0 Å². The topological polar surface area (TPSA) is 112 Å². The molecule has 0 saturated heterocycles. The second kappa shape index (κ2) is 10.6. The number of hydrogen-bond acceptors (Lipinski definition) is 7. The number of methoxy groups -OCH3 is 3. The molecule has 0 fully saturated rings. The van der Waals surface area contributed by atoms with Gasteiger partial charge in [0.05, 0.1) is 45.6 Å². The highest BCUT2D eigenvalue weighted by molar-refractivity contribution is 5.89. The molecule has 0 aromatic heterocycles. The lowest BCUT2D eigenvalue weighted by Crippen LogP contribution is -2.59. The lowest BCUT2D eigenvalue weighted by Gasteiger charge is -2.38. The molecular formula is C17H28N2O7. The molecule has 0 heterocycles. The minimum atomic E-state index is -0.681. The van der Waals surface area contributed by atoms with Crippen LogP contribution in [0.15, 0.2) is 11.6 Å². The first-order valence-corrected chi connectivity index (χ1v) is 8.53. The molecule has 0 radical (unpaired) electrons. The predicted octanol–water partition coefficient (Wildman–Crippen LogP) is 1.51. The Morgan fingerprint density at radius 2 is 1.62 bits per heavy atom. The molecule has 0 spiro atoms. The zero-order valence-electron chi connectivity index (χ0n) is 15.9. The summed E-state index contributed by atoms with van der Waals surface area (Å²) in [5, 5.41) is 5.31. The summed E-state index contributed by atoms with van der Waals surface area (Å²) in [6, 6.07) is -1.28. The van der Waals surface area contributed by atoms with Crippen LogP contribution in [0.1, 0.15) is 33.1 Å². The molecule has 0 unspecified atom stereocenters. The van der Waals surface area contributed by atoms with E-state index in [2.05, 4.69) is 20.1 Å². The largest absolute Gasteiger partial charge is 0.466 e. The Morgan fingerprint density at radius 1 is 1.04 bits per heavy atom. The number of ether oxygens (including phenoxy) is 4. The van der Waals surface area contributed by atoms with Gasteiger partial charge in [0, 0.05) is 12.0 Å². The zero-order chi connectivity index (χ0) is 19.7. The van der Waals surface area contributed by atoms with Crippen LogP contribution in [0, 0.1) is 0 Å². The summed E-state index contributed by atoms with van der Waals surface area (Å²) in [7, 11) is 3.75. The van der Waals surface area contributed by atoms with Gasteiger partial charge < -0.3 is 29.6 Å². The molecular weight excluding hydrogens is 344 g/mol. The maximum atomic E-state index is 12.0. The van der Waals surface area contributed by atoms with Crippen LogP contribution in [0.4, 0.5) is 9.59 Å². The molecule has 0 saturated carbocycles. The molecule has 1 rings (SSSR count). The van der Waals surface area contributed by atoms with Gasteiger partial charge in [0.25, 0.3) is 0 Å². The molecule has 0 aliphatic heterocycles. The van der Waals surface area contributed by atoms with Gasteiger partial charge in [-0.3, -0.25) is 0 Å². The minimum absolute atomic E-state index is 0.0750. The van der Waals surface area contributed by atoms with Crippen LogP contribution in [0.3, 0.4) is 0 Å². The van der Waals surface area contributed by atoms with Crippen molar-refractivity contribution >= 4 is 18.2 Å². The van der Waals surface area contributed by atoms with E-state index in [1.54, 1.807) is 6.08 Å². The van der Waals surface area contributed by atoms with Gasteiger partial charge in [-0.2, -0.15) is 0 Å². The average molecular weight is 372 g/mol. The van der Waals surface area contributed by atoms with Gasteiger partial charge in [0.15, 0.2) is 0 Å². The normalized spacial score (nSPS) is 22.2.